The molecule has 112 valence electrons. The maximum Gasteiger partial charge on any atom is 0.0443 e. The van der Waals surface area contributed by atoms with Gasteiger partial charge >= 0.3 is 0 Å². The number of nitrogens with one attached hydrogen (secondary N) is 1. The molecule has 1 aromatic heterocycles. The lowest BCUT2D eigenvalue weighted by molar-refractivity contribution is 0.488. The molecule has 0 spiro atoms. The molecule has 2 aromatic rings. The maximum absolute atomic E-state index is 3.75. The first kappa shape index (κ1) is 14.8. The summed E-state index contributed by atoms with van der Waals surface area (Å²) in [6.07, 6.45) is 5.09. The second-order valence-corrected chi connectivity index (χ2v) is 7.10. The minimum Gasteiger partial charge on any atom is -0.309 e. The predicted octanol–water partition coefficient (Wildman–Crippen LogP) is 5.43. The number of hydrogen-bond acceptors (Lipinski definition) is 2. The van der Waals surface area contributed by atoms with Crippen molar-refractivity contribution in [3.05, 3.63) is 46.8 Å². The second kappa shape index (κ2) is 6.76. The Morgan fingerprint density at radius 3 is 2.67 bits per heavy atom. The first-order valence-electron chi connectivity index (χ1n) is 8.24. The summed E-state index contributed by atoms with van der Waals surface area (Å²) in [5.41, 5.74) is 2.87. The third-order valence-electron chi connectivity index (χ3n) is 4.30. The molecule has 1 fully saturated rings. The Morgan fingerprint density at radius 2 is 1.95 bits per heavy atom. The van der Waals surface area contributed by atoms with E-state index in [-0.39, 0.29) is 0 Å². The summed E-state index contributed by atoms with van der Waals surface area (Å²) in [6.45, 7) is 5.61. The molecule has 0 aliphatic heterocycles. The van der Waals surface area contributed by atoms with E-state index in [9.17, 15) is 0 Å². The Morgan fingerprint density at radius 1 is 1.14 bits per heavy atom. The number of thiophene rings is 1. The summed E-state index contributed by atoms with van der Waals surface area (Å²) in [6, 6.07) is 14.1. The van der Waals surface area contributed by atoms with Crippen LogP contribution in [0.25, 0.3) is 10.4 Å². The molecule has 0 amide bonds. The van der Waals surface area contributed by atoms with Gasteiger partial charge in [0.05, 0.1) is 0 Å². The second-order valence-electron chi connectivity index (χ2n) is 5.98. The molecule has 0 saturated heterocycles. The van der Waals surface area contributed by atoms with Gasteiger partial charge in [-0.1, -0.05) is 38.1 Å². The molecule has 1 aromatic carbocycles. The van der Waals surface area contributed by atoms with E-state index in [0.717, 1.165) is 18.9 Å². The lowest BCUT2D eigenvalue weighted by atomic mass is 10.0. The Bertz CT molecular complexity index is 583. The van der Waals surface area contributed by atoms with Crippen LogP contribution in [0.15, 0.2) is 36.4 Å². The van der Waals surface area contributed by atoms with E-state index >= 15 is 0 Å². The van der Waals surface area contributed by atoms with Crippen molar-refractivity contribution in [2.24, 2.45) is 5.92 Å². The van der Waals surface area contributed by atoms with Crippen LogP contribution in [0.2, 0.25) is 0 Å². The number of rotatable bonds is 7. The summed E-state index contributed by atoms with van der Waals surface area (Å²) in [7, 11) is 0. The van der Waals surface area contributed by atoms with E-state index in [1.54, 1.807) is 0 Å². The van der Waals surface area contributed by atoms with Crippen molar-refractivity contribution in [2.75, 3.05) is 6.54 Å². The Balaban J connectivity index is 1.84. The Hall–Kier alpha value is -1.12. The summed E-state index contributed by atoms with van der Waals surface area (Å²) < 4.78 is 0. The van der Waals surface area contributed by atoms with E-state index in [1.165, 1.54) is 40.1 Å². The largest absolute Gasteiger partial charge is 0.309 e. The van der Waals surface area contributed by atoms with Gasteiger partial charge in [-0.3, -0.25) is 0 Å². The average molecular weight is 299 g/mol. The van der Waals surface area contributed by atoms with Gasteiger partial charge in [0.15, 0.2) is 0 Å². The highest BCUT2D eigenvalue weighted by molar-refractivity contribution is 7.15. The van der Waals surface area contributed by atoms with Crippen LogP contribution in [0.5, 0.6) is 0 Å². The summed E-state index contributed by atoms with van der Waals surface area (Å²) >= 11 is 1.98. The SMILES string of the molecule is CCCNC(c1ccc(-c2ccccc2CC)s1)C1CC1. The van der Waals surface area contributed by atoms with E-state index in [0.29, 0.717) is 6.04 Å². The highest BCUT2D eigenvalue weighted by Gasteiger charge is 2.32. The fraction of sp³-hybridized carbons (Fsp3) is 0.474. The number of hydrogen-bond donors (Lipinski definition) is 1. The zero-order valence-corrected chi connectivity index (χ0v) is 13.9. The smallest absolute Gasteiger partial charge is 0.0443 e. The quantitative estimate of drug-likeness (QED) is 0.719. The molecule has 1 aliphatic rings. The van der Waals surface area contributed by atoms with Gasteiger partial charge in [0.1, 0.15) is 0 Å². The molecule has 1 aliphatic carbocycles. The minimum absolute atomic E-state index is 0.581. The average Bonchev–Trinajstić information content (AvgIpc) is 3.24. The zero-order valence-electron chi connectivity index (χ0n) is 13.1. The fourth-order valence-corrected chi connectivity index (χ4v) is 4.20. The normalized spacial score (nSPS) is 16.1. The van der Waals surface area contributed by atoms with Gasteiger partial charge in [0.25, 0.3) is 0 Å². The molecule has 1 N–H and O–H groups in total. The van der Waals surface area contributed by atoms with Crippen molar-refractivity contribution < 1.29 is 0 Å². The topological polar surface area (TPSA) is 12.0 Å². The predicted molar refractivity (Wildman–Crippen MR) is 92.9 cm³/mol. The van der Waals surface area contributed by atoms with Gasteiger partial charge in [-0.25, -0.2) is 0 Å². The van der Waals surface area contributed by atoms with E-state index in [4.69, 9.17) is 0 Å². The summed E-state index contributed by atoms with van der Waals surface area (Å²) in [5.74, 6) is 0.865. The third kappa shape index (κ3) is 3.38. The van der Waals surface area contributed by atoms with Crippen molar-refractivity contribution in [1.29, 1.82) is 0 Å². The first-order chi connectivity index (χ1) is 10.3. The van der Waals surface area contributed by atoms with Crippen LogP contribution < -0.4 is 5.32 Å². The van der Waals surface area contributed by atoms with Crippen LogP contribution in [0.3, 0.4) is 0 Å². The molecular weight excluding hydrogens is 274 g/mol. The number of aryl methyl sites for hydroxylation is 1. The van der Waals surface area contributed by atoms with Gasteiger partial charge in [0.2, 0.25) is 0 Å². The number of benzene rings is 1. The third-order valence-corrected chi connectivity index (χ3v) is 5.51. The van der Waals surface area contributed by atoms with Gasteiger partial charge < -0.3 is 5.32 Å². The molecule has 2 heteroatoms. The summed E-state index contributed by atoms with van der Waals surface area (Å²) in [4.78, 5) is 2.94. The van der Waals surface area contributed by atoms with E-state index in [2.05, 4.69) is 55.6 Å². The van der Waals surface area contributed by atoms with Crippen molar-refractivity contribution in [1.82, 2.24) is 5.32 Å². The zero-order chi connectivity index (χ0) is 14.7. The first-order valence-corrected chi connectivity index (χ1v) is 9.06. The van der Waals surface area contributed by atoms with Gasteiger partial charge in [-0.15, -0.1) is 11.3 Å². The highest BCUT2D eigenvalue weighted by Crippen LogP contribution is 2.44. The Labute approximate surface area is 132 Å². The molecule has 1 atom stereocenters. The van der Waals surface area contributed by atoms with Crippen LogP contribution >= 0.6 is 11.3 Å². The maximum atomic E-state index is 3.75. The molecule has 1 nitrogen and oxygen atoms in total. The highest BCUT2D eigenvalue weighted by atomic mass is 32.1. The van der Waals surface area contributed by atoms with Crippen molar-refractivity contribution in [3.63, 3.8) is 0 Å². The Kier molecular flexibility index (Phi) is 4.77. The minimum atomic E-state index is 0.581. The van der Waals surface area contributed by atoms with Gasteiger partial charge in [-0.2, -0.15) is 0 Å². The van der Waals surface area contributed by atoms with Crippen LogP contribution in [-0.4, -0.2) is 6.54 Å². The molecule has 1 heterocycles. The van der Waals surface area contributed by atoms with Crippen molar-refractivity contribution in [2.45, 2.75) is 45.6 Å². The lowest BCUT2D eigenvalue weighted by Gasteiger charge is -2.16. The molecular formula is C19H25NS. The fourth-order valence-electron chi connectivity index (χ4n) is 2.96. The van der Waals surface area contributed by atoms with Crippen LogP contribution in [0.1, 0.15) is 49.6 Å². The molecule has 0 radical (unpaired) electrons. The lowest BCUT2D eigenvalue weighted by Crippen LogP contribution is -2.22. The van der Waals surface area contributed by atoms with Crippen LogP contribution in [-0.2, 0) is 6.42 Å². The molecule has 21 heavy (non-hydrogen) atoms. The van der Waals surface area contributed by atoms with Crippen molar-refractivity contribution >= 4 is 11.3 Å². The van der Waals surface area contributed by atoms with Crippen molar-refractivity contribution in [3.8, 4) is 10.4 Å². The van der Waals surface area contributed by atoms with Crippen LogP contribution in [0.4, 0.5) is 0 Å². The molecule has 0 bridgehead atoms. The summed E-state index contributed by atoms with van der Waals surface area (Å²) in [5, 5.41) is 3.75. The monoisotopic (exact) mass is 299 g/mol. The molecule has 3 rings (SSSR count). The molecule has 1 saturated carbocycles. The van der Waals surface area contributed by atoms with Gasteiger partial charge in [0, 0.05) is 15.8 Å². The standard InChI is InChI=1S/C19H25NS/c1-3-13-20-19(15-9-10-15)18-12-11-17(21-18)16-8-6-5-7-14(16)4-2/h5-8,11-12,15,19-20H,3-4,9-10,13H2,1-2H3. The molecule has 1 unspecified atom stereocenters. The van der Waals surface area contributed by atoms with E-state index in [1.807, 2.05) is 11.3 Å². The van der Waals surface area contributed by atoms with Crippen LogP contribution in [0, 0.1) is 5.92 Å². The van der Waals surface area contributed by atoms with E-state index < -0.39 is 0 Å². The van der Waals surface area contributed by atoms with Gasteiger partial charge in [-0.05, 0) is 61.4 Å².